The van der Waals surface area contributed by atoms with Gasteiger partial charge < -0.3 is 9.84 Å². The third-order valence-corrected chi connectivity index (χ3v) is 3.55. The second-order valence-corrected chi connectivity index (χ2v) is 4.65. The Balaban J connectivity index is 2.42. The molecule has 1 N–H and O–H groups in total. The molecule has 1 aromatic heterocycles. The van der Waals surface area contributed by atoms with Crippen molar-refractivity contribution in [3.8, 4) is 0 Å². The highest BCUT2D eigenvalue weighted by Gasteiger charge is 2.10. The second-order valence-electron chi connectivity index (χ2n) is 2.63. The van der Waals surface area contributed by atoms with E-state index in [9.17, 15) is 4.79 Å². The quantitative estimate of drug-likeness (QED) is 0.765. The number of rotatable bonds is 6. The van der Waals surface area contributed by atoms with Crippen molar-refractivity contribution in [1.82, 2.24) is 0 Å². The van der Waals surface area contributed by atoms with Gasteiger partial charge in [0.25, 0.3) is 0 Å². The molecule has 0 radical (unpaired) electrons. The number of thioether (sulfide) groups is 1. The first kappa shape index (κ1) is 11.6. The van der Waals surface area contributed by atoms with Crippen LogP contribution in [0.15, 0.2) is 11.4 Å². The first-order chi connectivity index (χ1) is 6.75. The summed E-state index contributed by atoms with van der Waals surface area (Å²) in [5, 5.41) is 10.6. The molecule has 0 atom stereocenters. The molecule has 1 rings (SSSR count). The highest BCUT2D eigenvalue weighted by Crippen LogP contribution is 2.21. The number of hydrogen-bond donors (Lipinski definition) is 1. The molecule has 0 aliphatic carbocycles. The smallest absolute Gasteiger partial charge is 0.346 e. The van der Waals surface area contributed by atoms with E-state index in [1.807, 2.05) is 11.4 Å². The fourth-order valence-electron chi connectivity index (χ4n) is 0.961. The van der Waals surface area contributed by atoms with E-state index in [1.165, 1.54) is 11.3 Å². The van der Waals surface area contributed by atoms with E-state index in [0.29, 0.717) is 11.5 Å². The van der Waals surface area contributed by atoms with E-state index < -0.39 is 5.97 Å². The SMILES string of the molecule is COCCSCc1ccsc1C(=O)O. The van der Waals surface area contributed by atoms with Crippen molar-refractivity contribution < 1.29 is 14.6 Å². The summed E-state index contributed by atoms with van der Waals surface area (Å²) in [6.45, 7) is 0.706. The Morgan fingerprint density at radius 2 is 2.50 bits per heavy atom. The maximum atomic E-state index is 10.7. The van der Waals surface area contributed by atoms with Crippen LogP contribution in [-0.4, -0.2) is 30.5 Å². The molecule has 0 aliphatic heterocycles. The zero-order valence-electron chi connectivity index (χ0n) is 7.86. The average Bonchev–Trinajstić information content (AvgIpc) is 2.60. The molecule has 0 fully saturated rings. The van der Waals surface area contributed by atoms with Gasteiger partial charge in [0.1, 0.15) is 4.88 Å². The first-order valence-corrected chi connectivity index (χ1v) is 6.15. The van der Waals surface area contributed by atoms with E-state index in [2.05, 4.69) is 0 Å². The Hall–Kier alpha value is -0.520. The predicted molar refractivity (Wildman–Crippen MR) is 59.3 cm³/mol. The summed E-state index contributed by atoms with van der Waals surface area (Å²) in [6.07, 6.45) is 0. The van der Waals surface area contributed by atoms with Crippen LogP contribution >= 0.6 is 23.1 Å². The van der Waals surface area contributed by atoms with Gasteiger partial charge in [-0.05, 0) is 17.0 Å². The molecule has 0 saturated heterocycles. The molecule has 3 nitrogen and oxygen atoms in total. The fourth-order valence-corrected chi connectivity index (χ4v) is 2.70. The van der Waals surface area contributed by atoms with Crippen LogP contribution < -0.4 is 0 Å². The number of carboxylic acid groups (broad SMARTS) is 1. The molecule has 0 unspecified atom stereocenters. The van der Waals surface area contributed by atoms with Crippen LogP contribution in [0, 0.1) is 0 Å². The minimum atomic E-state index is -0.831. The minimum absolute atomic E-state index is 0.454. The number of carbonyl (C=O) groups is 1. The molecule has 0 amide bonds. The average molecular weight is 232 g/mol. The summed E-state index contributed by atoms with van der Waals surface area (Å²) in [4.78, 5) is 11.2. The molecule has 0 aromatic carbocycles. The summed E-state index contributed by atoms with van der Waals surface area (Å²) in [6, 6.07) is 1.87. The largest absolute Gasteiger partial charge is 0.477 e. The number of thiophene rings is 1. The standard InChI is InChI=1S/C9H12O3S2/c1-12-3-5-13-6-7-2-4-14-8(7)9(10)11/h2,4H,3,5-6H2,1H3,(H,10,11). The number of ether oxygens (including phenoxy) is 1. The third kappa shape index (κ3) is 3.32. The van der Waals surface area contributed by atoms with Gasteiger partial charge in [-0.2, -0.15) is 11.8 Å². The topological polar surface area (TPSA) is 46.5 Å². The van der Waals surface area contributed by atoms with Gasteiger partial charge in [0.05, 0.1) is 6.61 Å². The summed E-state index contributed by atoms with van der Waals surface area (Å²) in [5.41, 5.74) is 0.906. The Bertz CT molecular complexity index is 296. The van der Waals surface area contributed by atoms with Crippen LogP contribution in [-0.2, 0) is 10.5 Å². The van der Waals surface area contributed by atoms with Crippen molar-refractivity contribution in [1.29, 1.82) is 0 Å². The summed E-state index contributed by atoms with van der Waals surface area (Å²) >= 11 is 2.96. The Morgan fingerprint density at radius 3 is 3.14 bits per heavy atom. The lowest BCUT2D eigenvalue weighted by atomic mass is 10.3. The van der Waals surface area contributed by atoms with E-state index in [4.69, 9.17) is 9.84 Å². The Labute approximate surface area is 91.1 Å². The highest BCUT2D eigenvalue weighted by atomic mass is 32.2. The maximum absolute atomic E-state index is 10.7. The van der Waals surface area contributed by atoms with Crippen molar-refractivity contribution in [2.24, 2.45) is 0 Å². The van der Waals surface area contributed by atoms with Crippen LogP contribution in [0.1, 0.15) is 15.2 Å². The van der Waals surface area contributed by atoms with Crippen molar-refractivity contribution in [3.05, 3.63) is 21.9 Å². The minimum Gasteiger partial charge on any atom is -0.477 e. The van der Waals surface area contributed by atoms with Gasteiger partial charge in [-0.15, -0.1) is 11.3 Å². The molecule has 1 heterocycles. The van der Waals surface area contributed by atoms with Crippen LogP contribution in [0.25, 0.3) is 0 Å². The van der Waals surface area contributed by atoms with Crippen LogP contribution in [0.3, 0.4) is 0 Å². The zero-order valence-corrected chi connectivity index (χ0v) is 9.49. The molecule has 0 bridgehead atoms. The van der Waals surface area contributed by atoms with Crippen molar-refractivity contribution in [3.63, 3.8) is 0 Å². The molecule has 0 spiro atoms. The van der Waals surface area contributed by atoms with Crippen molar-refractivity contribution in [2.75, 3.05) is 19.5 Å². The predicted octanol–water partition coefficient (Wildman–Crippen LogP) is 2.33. The van der Waals surface area contributed by atoms with Gasteiger partial charge in [-0.25, -0.2) is 4.79 Å². The van der Waals surface area contributed by atoms with Crippen molar-refractivity contribution in [2.45, 2.75) is 5.75 Å². The molecule has 14 heavy (non-hydrogen) atoms. The lowest BCUT2D eigenvalue weighted by Crippen LogP contribution is -1.97. The lowest BCUT2D eigenvalue weighted by molar-refractivity contribution is 0.0701. The number of carboxylic acids is 1. The highest BCUT2D eigenvalue weighted by molar-refractivity contribution is 7.98. The van der Waals surface area contributed by atoms with Gasteiger partial charge in [-0.3, -0.25) is 0 Å². The Kier molecular flexibility index (Phi) is 5.00. The fraction of sp³-hybridized carbons (Fsp3) is 0.444. The van der Waals surface area contributed by atoms with Gasteiger partial charge in [0, 0.05) is 18.6 Å². The molecule has 0 saturated carbocycles. The van der Waals surface area contributed by atoms with E-state index in [-0.39, 0.29) is 0 Å². The maximum Gasteiger partial charge on any atom is 0.346 e. The second kappa shape index (κ2) is 6.06. The van der Waals surface area contributed by atoms with Crippen LogP contribution in [0.5, 0.6) is 0 Å². The first-order valence-electron chi connectivity index (χ1n) is 4.12. The van der Waals surface area contributed by atoms with Crippen molar-refractivity contribution >= 4 is 29.1 Å². The molecule has 78 valence electrons. The van der Waals surface area contributed by atoms with E-state index in [1.54, 1.807) is 18.9 Å². The van der Waals surface area contributed by atoms with E-state index >= 15 is 0 Å². The summed E-state index contributed by atoms with van der Waals surface area (Å²) in [7, 11) is 1.66. The van der Waals surface area contributed by atoms with Gasteiger partial charge in [0.15, 0.2) is 0 Å². The molecular weight excluding hydrogens is 220 g/mol. The third-order valence-electron chi connectivity index (χ3n) is 1.63. The van der Waals surface area contributed by atoms with Gasteiger partial charge >= 0.3 is 5.97 Å². The zero-order chi connectivity index (χ0) is 10.4. The van der Waals surface area contributed by atoms with Gasteiger partial charge in [0.2, 0.25) is 0 Å². The van der Waals surface area contributed by atoms with E-state index in [0.717, 1.165) is 17.1 Å². The number of hydrogen-bond acceptors (Lipinski definition) is 4. The molecule has 5 heteroatoms. The summed E-state index contributed by atoms with van der Waals surface area (Å²) < 4.78 is 4.90. The number of methoxy groups -OCH3 is 1. The molecule has 0 aliphatic rings. The Morgan fingerprint density at radius 1 is 1.71 bits per heavy atom. The summed E-state index contributed by atoms with van der Waals surface area (Å²) in [5.74, 6) is 0.808. The monoisotopic (exact) mass is 232 g/mol. The molecule has 1 aromatic rings. The van der Waals surface area contributed by atoms with Gasteiger partial charge in [-0.1, -0.05) is 0 Å². The normalized spacial score (nSPS) is 10.4. The van der Waals surface area contributed by atoms with Crippen LogP contribution in [0.4, 0.5) is 0 Å². The van der Waals surface area contributed by atoms with Crippen LogP contribution in [0.2, 0.25) is 0 Å². The molecular formula is C9H12O3S2. The lowest BCUT2D eigenvalue weighted by Gasteiger charge is -2.00. The number of aromatic carboxylic acids is 1.